The van der Waals surface area contributed by atoms with Gasteiger partial charge in [0.1, 0.15) is 0 Å². The van der Waals surface area contributed by atoms with Gasteiger partial charge in [0, 0.05) is 35.6 Å². The molecule has 0 spiro atoms. The number of nitrogens with one attached hydrogen (secondary N) is 1. The molecule has 4 heteroatoms. The van der Waals surface area contributed by atoms with E-state index in [0.29, 0.717) is 6.04 Å². The van der Waals surface area contributed by atoms with Crippen molar-refractivity contribution in [3.05, 3.63) is 36.0 Å². The molecule has 1 aromatic heterocycles. The van der Waals surface area contributed by atoms with Gasteiger partial charge in [-0.3, -0.25) is 4.79 Å². The molecule has 4 nitrogen and oxygen atoms in total. The van der Waals surface area contributed by atoms with Crippen molar-refractivity contribution in [1.29, 1.82) is 0 Å². The van der Waals surface area contributed by atoms with Crippen LogP contribution in [0.3, 0.4) is 0 Å². The summed E-state index contributed by atoms with van der Waals surface area (Å²) in [5.41, 5.74) is 4.65. The zero-order chi connectivity index (χ0) is 13.8. The Morgan fingerprint density at radius 1 is 1.47 bits per heavy atom. The van der Waals surface area contributed by atoms with Gasteiger partial charge in [-0.05, 0) is 19.4 Å². The van der Waals surface area contributed by atoms with Crippen molar-refractivity contribution >= 4 is 23.0 Å². The van der Waals surface area contributed by atoms with Crippen LogP contribution in [-0.2, 0) is 4.79 Å². The maximum Gasteiger partial charge on any atom is 0.236 e. The predicted molar refractivity (Wildman–Crippen MR) is 78.4 cm³/mol. The number of hydrogen-bond acceptors (Lipinski definition) is 2. The maximum absolute atomic E-state index is 10.8. The second kappa shape index (κ2) is 5.69. The molecule has 0 unspecified atom stereocenters. The van der Waals surface area contributed by atoms with Crippen LogP contribution in [0.25, 0.3) is 10.9 Å². The molecule has 0 saturated heterocycles. The number of para-hydroxylation sites is 1. The van der Waals surface area contributed by atoms with Gasteiger partial charge in [-0.2, -0.15) is 5.10 Å². The topological polar surface area (TPSA) is 46.4 Å². The summed E-state index contributed by atoms with van der Waals surface area (Å²) in [7, 11) is 0. The van der Waals surface area contributed by atoms with Crippen molar-refractivity contribution in [2.45, 2.75) is 33.2 Å². The highest BCUT2D eigenvalue weighted by molar-refractivity contribution is 5.99. The summed E-state index contributed by atoms with van der Waals surface area (Å²) in [6.07, 6.45) is 4.85. The minimum atomic E-state index is -0.165. The monoisotopic (exact) mass is 257 g/mol. The third kappa shape index (κ3) is 2.84. The number of carbonyl (C=O) groups excluding carboxylic acids is 1. The van der Waals surface area contributed by atoms with Gasteiger partial charge in [0.2, 0.25) is 5.91 Å². The summed E-state index contributed by atoms with van der Waals surface area (Å²) in [4.78, 5) is 10.8. The zero-order valence-corrected chi connectivity index (χ0v) is 11.6. The van der Waals surface area contributed by atoms with Gasteiger partial charge in [0.05, 0.1) is 6.21 Å². The van der Waals surface area contributed by atoms with E-state index < -0.39 is 0 Å². The number of hydrazone groups is 1. The molecule has 1 amide bonds. The van der Waals surface area contributed by atoms with Crippen LogP contribution in [0.2, 0.25) is 0 Å². The molecule has 1 N–H and O–H groups in total. The van der Waals surface area contributed by atoms with Gasteiger partial charge >= 0.3 is 0 Å². The van der Waals surface area contributed by atoms with Crippen LogP contribution < -0.4 is 5.43 Å². The molecule has 0 saturated carbocycles. The minimum Gasteiger partial charge on any atom is -0.344 e. The first-order valence-corrected chi connectivity index (χ1v) is 6.52. The van der Waals surface area contributed by atoms with E-state index in [-0.39, 0.29) is 5.91 Å². The van der Waals surface area contributed by atoms with E-state index in [0.717, 1.165) is 17.4 Å². The average Bonchev–Trinajstić information content (AvgIpc) is 2.77. The van der Waals surface area contributed by atoms with Crippen molar-refractivity contribution in [2.24, 2.45) is 5.10 Å². The Hall–Kier alpha value is -2.10. The molecule has 0 radical (unpaired) electrons. The minimum absolute atomic E-state index is 0.165. The summed E-state index contributed by atoms with van der Waals surface area (Å²) in [5.74, 6) is -0.165. The highest BCUT2D eigenvalue weighted by atomic mass is 16.2. The van der Waals surface area contributed by atoms with Crippen LogP contribution >= 0.6 is 0 Å². The first-order chi connectivity index (χ1) is 9.13. The van der Waals surface area contributed by atoms with E-state index in [1.807, 2.05) is 12.1 Å². The van der Waals surface area contributed by atoms with Gasteiger partial charge in [-0.1, -0.05) is 25.1 Å². The molecule has 0 aliphatic carbocycles. The third-order valence-electron chi connectivity index (χ3n) is 3.26. The molecule has 0 aliphatic rings. The predicted octanol–water partition coefficient (Wildman–Crippen LogP) is 3.08. The molecule has 2 aromatic rings. The first kappa shape index (κ1) is 13.3. The van der Waals surface area contributed by atoms with Crippen LogP contribution in [0.15, 0.2) is 35.6 Å². The molecular formula is C15H19N3O. The van der Waals surface area contributed by atoms with Crippen LogP contribution in [0.1, 0.15) is 38.8 Å². The summed E-state index contributed by atoms with van der Waals surface area (Å²) in [5, 5.41) is 5.10. The Labute approximate surface area is 113 Å². The number of fused-ring (bicyclic) bond motifs is 1. The number of amides is 1. The number of aromatic nitrogens is 1. The molecule has 1 aromatic carbocycles. The Bertz CT molecular complexity index is 613. The number of hydrogen-bond donors (Lipinski definition) is 1. The molecular weight excluding hydrogens is 238 g/mol. The van der Waals surface area contributed by atoms with Crippen LogP contribution in [-0.4, -0.2) is 16.7 Å². The van der Waals surface area contributed by atoms with Crippen LogP contribution in [0.4, 0.5) is 0 Å². The highest BCUT2D eigenvalue weighted by Crippen LogP contribution is 2.24. The van der Waals surface area contributed by atoms with E-state index in [1.165, 1.54) is 12.4 Å². The summed E-state index contributed by atoms with van der Waals surface area (Å²) < 4.78 is 2.25. The lowest BCUT2D eigenvalue weighted by atomic mass is 10.2. The van der Waals surface area contributed by atoms with E-state index in [9.17, 15) is 4.79 Å². The smallest absolute Gasteiger partial charge is 0.236 e. The van der Waals surface area contributed by atoms with Gasteiger partial charge in [0.25, 0.3) is 0 Å². The Morgan fingerprint density at radius 2 is 2.21 bits per heavy atom. The summed E-state index contributed by atoms with van der Waals surface area (Å²) in [6, 6.07) is 8.67. The quantitative estimate of drug-likeness (QED) is 0.664. The van der Waals surface area contributed by atoms with Crippen molar-refractivity contribution < 1.29 is 4.79 Å². The molecule has 2 rings (SSSR count). The zero-order valence-electron chi connectivity index (χ0n) is 11.6. The standard InChI is InChI=1S/C15H19N3O/c1-4-11(2)18-10-13(9-16-17-12(3)19)14-7-5-6-8-15(14)18/h5-11H,4H2,1-3H3,(H,17,19)/b16-9-/t11-/m0/s1. The van der Waals surface area contributed by atoms with Crippen molar-refractivity contribution in [3.8, 4) is 0 Å². The molecule has 0 fully saturated rings. The Morgan fingerprint density at radius 3 is 2.89 bits per heavy atom. The Kier molecular flexibility index (Phi) is 4.00. The van der Waals surface area contributed by atoms with Crippen molar-refractivity contribution in [3.63, 3.8) is 0 Å². The highest BCUT2D eigenvalue weighted by Gasteiger charge is 2.10. The Balaban J connectivity index is 2.44. The fraction of sp³-hybridized carbons (Fsp3) is 0.333. The van der Waals surface area contributed by atoms with Gasteiger partial charge in [-0.25, -0.2) is 5.43 Å². The van der Waals surface area contributed by atoms with Gasteiger partial charge in [-0.15, -0.1) is 0 Å². The molecule has 0 bridgehead atoms. The number of carbonyl (C=O) groups is 1. The molecule has 19 heavy (non-hydrogen) atoms. The normalized spacial score (nSPS) is 13.0. The number of nitrogens with zero attached hydrogens (tertiary/aromatic N) is 2. The van der Waals surface area contributed by atoms with Crippen molar-refractivity contribution in [1.82, 2.24) is 9.99 Å². The second-order valence-corrected chi connectivity index (χ2v) is 4.69. The fourth-order valence-corrected chi connectivity index (χ4v) is 2.09. The largest absolute Gasteiger partial charge is 0.344 e. The van der Waals surface area contributed by atoms with Crippen LogP contribution in [0, 0.1) is 0 Å². The van der Waals surface area contributed by atoms with E-state index >= 15 is 0 Å². The maximum atomic E-state index is 10.8. The van der Waals surface area contributed by atoms with E-state index in [4.69, 9.17) is 0 Å². The summed E-state index contributed by atoms with van der Waals surface area (Å²) in [6.45, 7) is 5.81. The van der Waals surface area contributed by atoms with E-state index in [2.05, 4.69) is 47.3 Å². The molecule has 1 atom stereocenters. The first-order valence-electron chi connectivity index (χ1n) is 6.52. The lowest BCUT2D eigenvalue weighted by Gasteiger charge is -2.12. The molecule has 100 valence electrons. The van der Waals surface area contributed by atoms with Crippen molar-refractivity contribution in [2.75, 3.05) is 0 Å². The lowest BCUT2D eigenvalue weighted by Crippen LogP contribution is -2.12. The van der Waals surface area contributed by atoms with Gasteiger partial charge in [0.15, 0.2) is 0 Å². The molecule has 1 heterocycles. The average molecular weight is 257 g/mol. The van der Waals surface area contributed by atoms with E-state index in [1.54, 1.807) is 6.21 Å². The molecule has 0 aliphatic heterocycles. The second-order valence-electron chi connectivity index (χ2n) is 4.69. The SMILES string of the molecule is CC[C@H](C)n1cc(/C=N\NC(C)=O)c2ccccc21. The van der Waals surface area contributed by atoms with Crippen LogP contribution in [0.5, 0.6) is 0 Å². The third-order valence-corrected chi connectivity index (χ3v) is 3.26. The lowest BCUT2D eigenvalue weighted by molar-refractivity contribution is -0.118. The fourth-order valence-electron chi connectivity index (χ4n) is 2.09. The van der Waals surface area contributed by atoms with Gasteiger partial charge < -0.3 is 4.57 Å². The summed E-state index contributed by atoms with van der Waals surface area (Å²) >= 11 is 0. The number of rotatable bonds is 4. The number of benzene rings is 1.